The van der Waals surface area contributed by atoms with Gasteiger partial charge in [-0.3, -0.25) is 0 Å². The third kappa shape index (κ3) is 3.40. The lowest BCUT2D eigenvalue weighted by Crippen LogP contribution is -2.22. The van der Waals surface area contributed by atoms with Gasteiger partial charge < -0.3 is 14.8 Å². The second-order valence-corrected chi connectivity index (χ2v) is 4.90. The number of benzene rings is 1. The molecule has 0 spiro atoms. The molecule has 1 aromatic carbocycles. The summed E-state index contributed by atoms with van der Waals surface area (Å²) in [5.41, 5.74) is 1.02. The number of fused-ring (bicyclic) bond motifs is 1. The molecule has 0 aromatic heterocycles. The van der Waals surface area contributed by atoms with Gasteiger partial charge in [0.15, 0.2) is 11.5 Å². The van der Waals surface area contributed by atoms with Gasteiger partial charge in [0.25, 0.3) is 0 Å². The largest absolute Gasteiger partial charge is 0.486 e. The van der Waals surface area contributed by atoms with Gasteiger partial charge in [0.05, 0.1) is 5.02 Å². The van der Waals surface area contributed by atoms with E-state index in [-0.39, 0.29) is 0 Å². The molecule has 2 rings (SSSR count). The van der Waals surface area contributed by atoms with Crippen LogP contribution in [0.2, 0.25) is 5.02 Å². The van der Waals surface area contributed by atoms with Crippen LogP contribution in [0.4, 0.5) is 0 Å². The van der Waals surface area contributed by atoms with E-state index < -0.39 is 0 Å². The third-order valence-corrected chi connectivity index (χ3v) is 2.85. The Kier molecular flexibility index (Phi) is 4.50. The molecular formula is C14H18ClNO2. The molecule has 1 aliphatic rings. The SMILES string of the molecule is CC(C)NCC=Cc1cc(Cl)c2c(c1)OCCO2. The van der Waals surface area contributed by atoms with E-state index in [1.165, 1.54) is 0 Å². The molecule has 98 valence electrons. The molecular weight excluding hydrogens is 250 g/mol. The number of nitrogens with one attached hydrogen (secondary N) is 1. The maximum absolute atomic E-state index is 6.16. The minimum Gasteiger partial charge on any atom is -0.486 e. The summed E-state index contributed by atoms with van der Waals surface area (Å²) in [4.78, 5) is 0. The Labute approximate surface area is 113 Å². The maximum Gasteiger partial charge on any atom is 0.179 e. The third-order valence-electron chi connectivity index (χ3n) is 2.57. The van der Waals surface area contributed by atoms with E-state index in [9.17, 15) is 0 Å². The number of hydrogen-bond donors (Lipinski definition) is 1. The van der Waals surface area contributed by atoms with Crippen molar-refractivity contribution >= 4 is 17.7 Å². The normalized spacial score (nSPS) is 14.4. The Hall–Kier alpha value is -1.19. The van der Waals surface area contributed by atoms with Crippen molar-refractivity contribution in [3.8, 4) is 11.5 Å². The van der Waals surface area contributed by atoms with Crippen LogP contribution < -0.4 is 14.8 Å². The molecule has 1 N–H and O–H groups in total. The molecule has 0 radical (unpaired) electrons. The predicted molar refractivity (Wildman–Crippen MR) is 74.6 cm³/mol. The second kappa shape index (κ2) is 6.12. The Balaban J connectivity index is 2.07. The van der Waals surface area contributed by atoms with Crippen LogP contribution >= 0.6 is 11.6 Å². The molecule has 0 saturated heterocycles. The quantitative estimate of drug-likeness (QED) is 0.909. The minimum absolute atomic E-state index is 0.485. The van der Waals surface area contributed by atoms with E-state index >= 15 is 0 Å². The van der Waals surface area contributed by atoms with Crippen LogP contribution in [-0.4, -0.2) is 25.8 Å². The number of halogens is 1. The average Bonchev–Trinajstić information content (AvgIpc) is 2.35. The molecule has 0 amide bonds. The summed E-state index contributed by atoms with van der Waals surface area (Å²) < 4.78 is 11.0. The van der Waals surface area contributed by atoms with Crippen molar-refractivity contribution in [1.29, 1.82) is 0 Å². The molecule has 0 unspecified atom stereocenters. The monoisotopic (exact) mass is 267 g/mol. The Bertz CT molecular complexity index is 444. The van der Waals surface area contributed by atoms with Crippen LogP contribution in [0.5, 0.6) is 11.5 Å². The van der Waals surface area contributed by atoms with Gasteiger partial charge in [-0.05, 0) is 17.7 Å². The van der Waals surface area contributed by atoms with Gasteiger partial charge >= 0.3 is 0 Å². The summed E-state index contributed by atoms with van der Waals surface area (Å²) in [5.74, 6) is 1.38. The number of rotatable bonds is 4. The van der Waals surface area contributed by atoms with Gasteiger partial charge in [0, 0.05) is 12.6 Å². The van der Waals surface area contributed by atoms with E-state index in [0.717, 1.165) is 17.9 Å². The Morgan fingerprint density at radius 1 is 1.33 bits per heavy atom. The topological polar surface area (TPSA) is 30.5 Å². The zero-order valence-electron chi connectivity index (χ0n) is 10.7. The molecule has 18 heavy (non-hydrogen) atoms. The molecule has 0 atom stereocenters. The van der Waals surface area contributed by atoms with Gasteiger partial charge in [-0.2, -0.15) is 0 Å². The standard InChI is InChI=1S/C14H18ClNO2/c1-10(2)16-5-3-4-11-8-12(15)14-13(9-11)17-6-7-18-14/h3-4,8-10,16H,5-7H2,1-2H3. The highest BCUT2D eigenvalue weighted by Gasteiger charge is 2.15. The van der Waals surface area contributed by atoms with Crippen LogP contribution in [0.25, 0.3) is 6.08 Å². The first kappa shape index (κ1) is 13.2. The Morgan fingerprint density at radius 3 is 2.89 bits per heavy atom. The highest BCUT2D eigenvalue weighted by molar-refractivity contribution is 6.32. The smallest absolute Gasteiger partial charge is 0.179 e. The fraction of sp³-hybridized carbons (Fsp3) is 0.429. The zero-order chi connectivity index (χ0) is 13.0. The van der Waals surface area contributed by atoms with Crippen LogP contribution in [0, 0.1) is 0 Å². The van der Waals surface area contributed by atoms with Crippen LogP contribution in [0.1, 0.15) is 19.4 Å². The van der Waals surface area contributed by atoms with E-state index in [1.807, 2.05) is 18.2 Å². The molecule has 0 aliphatic carbocycles. The van der Waals surface area contributed by atoms with Crippen LogP contribution in [0.3, 0.4) is 0 Å². The fourth-order valence-electron chi connectivity index (χ4n) is 1.73. The number of hydrogen-bond acceptors (Lipinski definition) is 3. The Morgan fingerprint density at radius 2 is 2.11 bits per heavy atom. The summed E-state index contributed by atoms with van der Waals surface area (Å²) in [5, 5.41) is 3.92. The predicted octanol–water partition coefficient (Wildman–Crippen LogP) is 3.12. The molecule has 1 aliphatic heterocycles. The highest BCUT2D eigenvalue weighted by atomic mass is 35.5. The van der Waals surface area contributed by atoms with Crippen molar-refractivity contribution in [1.82, 2.24) is 5.32 Å². The van der Waals surface area contributed by atoms with Gasteiger partial charge in [-0.25, -0.2) is 0 Å². The average molecular weight is 268 g/mol. The van der Waals surface area contributed by atoms with Crippen molar-refractivity contribution in [2.75, 3.05) is 19.8 Å². The van der Waals surface area contributed by atoms with E-state index in [2.05, 4.69) is 25.2 Å². The molecule has 0 fully saturated rings. The summed E-state index contributed by atoms with van der Waals surface area (Å²) >= 11 is 6.16. The second-order valence-electron chi connectivity index (χ2n) is 4.49. The molecule has 1 aromatic rings. The van der Waals surface area contributed by atoms with Crippen LogP contribution in [-0.2, 0) is 0 Å². The molecule has 0 saturated carbocycles. The summed E-state index contributed by atoms with van der Waals surface area (Å²) in [6.07, 6.45) is 4.10. The lowest BCUT2D eigenvalue weighted by Gasteiger charge is -2.19. The fourth-order valence-corrected chi connectivity index (χ4v) is 2.00. The van der Waals surface area contributed by atoms with E-state index in [1.54, 1.807) is 0 Å². The highest BCUT2D eigenvalue weighted by Crippen LogP contribution is 2.38. The first-order chi connectivity index (χ1) is 8.66. The zero-order valence-corrected chi connectivity index (χ0v) is 11.5. The minimum atomic E-state index is 0.485. The van der Waals surface area contributed by atoms with E-state index in [0.29, 0.717) is 30.0 Å². The van der Waals surface area contributed by atoms with Crippen molar-refractivity contribution in [3.63, 3.8) is 0 Å². The van der Waals surface area contributed by atoms with Crippen molar-refractivity contribution < 1.29 is 9.47 Å². The van der Waals surface area contributed by atoms with Gasteiger partial charge in [0.1, 0.15) is 13.2 Å². The van der Waals surface area contributed by atoms with Gasteiger partial charge in [0.2, 0.25) is 0 Å². The van der Waals surface area contributed by atoms with Crippen molar-refractivity contribution in [3.05, 3.63) is 28.8 Å². The summed E-state index contributed by atoms with van der Waals surface area (Å²) in [6, 6.07) is 4.33. The first-order valence-electron chi connectivity index (χ1n) is 6.16. The lowest BCUT2D eigenvalue weighted by atomic mass is 10.1. The molecule has 0 bridgehead atoms. The maximum atomic E-state index is 6.16. The van der Waals surface area contributed by atoms with Gasteiger partial charge in [-0.15, -0.1) is 0 Å². The lowest BCUT2D eigenvalue weighted by molar-refractivity contribution is 0.171. The molecule has 4 heteroatoms. The number of ether oxygens (including phenoxy) is 2. The van der Waals surface area contributed by atoms with Gasteiger partial charge in [-0.1, -0.05) is 37.6 Å². The van der Waals surface area contributed by atoms with Crippen molar-refractivity contribution in [2.45, 2.75) is 19.9 Å². The summed E-state index contributed by atoms with van der Waals surface area (Å²) in [7, 11) is 0. The molecule has 3 nitrogen and oxygen atoms in total. The molecule has 1 heterocycles. The van der Waals surface area contributed by atoms with E-state index in [4.69, 9.17) is 21.1 Å². The first-order valence-corrected chi connectivity index (χ1v) is 6.53. The van der Waals surface area contributed by atoms with Crippen molar-refractivity contribution in [2.24, 2.45) is 0 Å². The van der Waals surface area contributed by atoms with Crippen LogP contribution in [0.15, 0.2) is 18.2 Å². The summed E-state index contributed by atoms with van der Waals surface area (Å²) in [6.45, 7) is 6.21.